The SMILES string of the molecule is CC(C)N(C)CCCC1(C(=O)O)CC1. The molecule has 0 aromatic carbocycles. The monoisotopic (exact) mass is 199 g/mol. The van der Waals surface area contributed by atoms with Crippen molar-refractivity contribution in [3.8, 4) is 0 Å². The number of carboxylic acid groups (broad SMARTS) is 1. The van der Waals surface area contributed by atoms with Gasteiger partial charge < -0.3 is 10.0 Å². The van der Waals surface area contributed by atoms with Crippen molar-refractivity contribution >= 4 is 5.97 Å². The fourth-order valence-corrected chi connectivity index (χ4v) is 1.65. The van der Waals surface area contributed by atoms with Crippen molar-refractivity contribution in [1.29, 1.82) is 0 Å². The second kappa shape index (κ2) is 4.30. The van der Waals surface area contributed by atoms with Gasteiger partial charge in [-0.3, -0.25) is 4.79 Å². The van der Waals surface area contributed by atoms with E-state index in [1.807, 2.05) is 0 Å². The number of hydrogen-bond acceptors (Lipinski definition) is 2. The third-order valence-corrected chi connectivity index (χ3v) is 3.35. The maximum atomic E-state index is 10.9. The van der Waals surface area contributed by atoms with Crippen LogP contribution in [0.2, 0.25) is 0 Å². The van der Waals surface area contributed by atoms with Gasteiger partial charge in [-0.2, -0.15) is 0 Å². The molecule has 1 N–H and O–H groups in total. The maximum absolute atomic E-state index is 10.9. The highest BCUT2D eigenvalue weighted by molar-refractivity contribution is 5.77. The molecule has 0 aromatic rings. The minimum absolute atomic E-state index is 0.335. The first-order valence-electron chi connectivity index (χ1n) is 5.41. The van der Waals surface area contributed by atoms with Crippen molar-refractivity contribution in [1.82, 2.24) is 4.90 Å². The lowest BCUT2D eigenvalue weighted by Crippen LogP contribution is -2.28. The van der Waals surface area contributed by atoms with Gasteiger partial charge in [0.05, 0.1) is 5.41 Å². The molecule has 1 rings (SSSR count). The van der Waals surface area contributed by atoms with E-state index in [4.69, 9.17) is 5.11 Å². The maximum Gasteiger partial charge on any atom is 0.309 e. The van der Waals surface area contributed by atoms with Gasteiger partial charge in [0.15, 0.2) is 0 Å². The van der Waals surface area contributed by atoms with Crippen molar-refractivity contribution in [2.75, 3.05) is 13.6 Å². The minimum Gasteiger partial charge on any atom is -0.481 e. The minimum atomic E-state index is -0.593. The highest BCUT2D eigenvalue weighted by Gasteiger charge is 2.49. The van der Waals surface area contributed by atoms with Gasteiger partial charge in [0.25, 0.3) is 0 Å². The highest BCUT2D eigenvalue weighted by Crippen LogP contribution is 2.49. The zero-order valence-corrected chi connectivity index (χ0v) is 9.42. The molecule has 0 saturated heterocycles. The largest absolute Gasteiger partial charge is 0.481 e. The van der Waals surface area contributed by atoms with E-state index in [9.17, 15) is 4.79 Å². The molecular weight excluding hydrogens is 178 g/mol. The predicted molar refractivity (Wildman–Crippen MR) is 56.3 cm³/mol. The molecule has 0 heterocycles. The molecule has 14 heavy (non-hydrogen) atoms. The lowest BCUT2D eigenvalue weighted by Gasteiger charge is -2.21. The van der Waals surface area contributed by atoms with Crippen LogP contribution in [0.15, 0.2) is 0 Å². The van der Waals surface area contributed by atoms with Gasteiger partial charge in [-0.15, -0.1) is 0 Å². The molecule has 0 atom stereocenters. The fourth-order valence-electron chi connectivity index (χ4n) is 1.65. The molecule has 82 valence electrons. The Balaban J connectivity index is 2.19. The molecule has 1 aliphatic carbocycles. The van der Waals surface area contributed by atoms with Gasteiger partial charge in [0, 0.05) is 6.04 Å². The Hall–Kier alpha value is -0.570. The summed E-state index contributed by atoms with van der Waals surface area (Å²) in [6, 6.07) is 0.551. The Kier molecular flexibility index (Phi) is 3.53. The van der Waals surface area contributed by atoms with E-state index < -0.39 is 5.97 Å². The summed E-state index contributed by atoms with van der Waals surface area (Å²) in [5.74, 6) is -0.593. The molecule has 1 fully saturated rings. The van der Waals surface area contributed by atoms with E-state index in [2.05, 4.69) is 25.8 Å². The molecular formula is C11H21NO2. The molecule has 0 amide bonds. The molecule has 3 heteroatoms. The molecule has 0 aliphatic heterocycles. The average Bonchev–Trinajstić information content (AvgIpc) is 2.85. The molecule has 1 saturated carbocycles. The van der Waals surface area contributed by atoms with Crippen LogP contribution in [-0.4, -0.2) is 35.6 Å². The zero-order chi connectivity index (χ0) is 10.8. The summed E-state index contributed by atoms with van der Waals surface area (Å²) in [4.78, 5) is 13.1. The molecule has 0 spiro atoms. The van der Waals surface area contributed by atoms with Gasteiger partial charge in [-0.05, 0) is 53.1 Å². The summed E-state index contributed by atoms with van der Waals surface area (Å²) in [6.45, 7) is 5.32. The van der Waals surface area contributed by atoms with Crippen LogP contribution in [0.5, 0.6) is 0 Å². The van der Waals surface area contributed by atoms with Crippen LogP contribution in [0, 0.1) is 5.41 Å². The van der Waals surface area contributed by atoms with Crippen LogP contribution in [0.3, 0.4) is 0 Å². The summed E-state index contributed by atoms with van der Waals surface area (Å²) < 4.78 is 0. The van der Waals surface area contributed by atoms with Crippen molar-refractivity contribution in [3.63, 3.8) is 0 Å². The number of rotatable bonds is 6. The smallest absolute Gasteiger partial charge is 0.309 e. The number of carboxylic acids is 1. The van der Waals surface area contributed by atoms with E-state index >= 15 is 0 Å². The van der Waals surface area contributed by atoms with Crippen molar-refractivity contribution < 1.29 is 9.90 Å². The summed E-state index contributed by atoms with van der Waals surface area (Å²) in [5.41, 5.74) is -0.335. The summed E-state index contributed by atoms with van der Waals surface area (Å²) >= 11 is 0. The summed E-state index contributed by atoms with van der Waals surface area (Å²) in [7, 11) is 2.09. The highest BCUT2D eigenvalue weighted by atomic mass is 16.4. The first kappa shape index (κ1) is 11.5. The standard InChI is InChI=1S/C11H21NO2/c1-9(2)12(3)8-4-5-11(6-7-11)10(13)14/h9H,4-8H2,1-3H3,(H,13,14). The van der Waals surface area contributed by atoms with Gasteiger partial charge in [0.1, 0.15) is 0 Å². The van der Waals surface area contributed by atoms with Crippen LogP contribution in [0.1, 0.15) is 39.5 Å². The summed E-state index contributed by atoms with van der Waals surface area (Å²) in [6.07, 6.45) is 3.61. The van der Waals surface area contributed by atoms with Crippen LogP contribution < -0.4 is 0 Å². The van der Waals surface area contributed by atoms with Crippen LogP contribution >= 0.6 is 0 Å². The van der Waals surface area contributed by atoms with Gasteiger partial charge in [-0.25, -0.2) is 0 Å². The second-order valence-corrected chi connectivity index (χ2v) is 4.76. The number of hydrogen-bond donors (Lipinski definition) is 1. The average molecular weight is 199 g/mol. The lowest BCUT2D eigenvalue weighted by atomic mass is 10.0. The van der Waals surface area contributed by atoms with Gasteiger partial charge in [0.2, 0.25) is 0 Å². The van der Waals surface area contributed by atoms with Gasteiger partial charge in [-0.1, -0.05) is 0 Å². The third kappa shape index (κ3) is 2.71. The van der Waals surface area contributed by atoms with Crippen molar-refractivity contribution in [2.45, 2.75) is 45.6 Å². The Morgan fingerprint density at radius 3 is 2.43 bits per heavy atom. The van der Waals surface area contributed by atoms with Crippen LogP contribution in [0.4, 0.5) is 0 Å². The second-order valence-electron chi connectivity index (χ2n) is 4.76. The summed E-state index contributed by atoms with van der Waals surface area (Å²) in [5, 5.41) is 8.96. The van der Waals surface area contributed by atoms with Crippen molar-refractivity contribution in [3.05, 3.63) is 0 Å². The Labute approximate surface area is 86.1 Å². The third-order valence-electron chi connectivity index (χ3n) is 3.35. The topological polar surface area (TPSA) is 40.5 Å². The molecule has 0 radical (unpaired) electrons. The Morgan fingerprint density at radius 2 is 2.07 bits per heavy atom. The van der Waals surface area contributed by atoms with E-state index in [1.54, 1.807) is 0 Å². The normalized spacial score (nSPS) is 18.9. The molecule has 0 bridgehead atoms. The Bertz CT molecular complexity index is 209. The number of nitrogens with zero attached hydrogens (tertiary/aromatic N) is 1. The van der Waals surface area contributed by atoms with Crippen LogP contribution in [0.25, 0.3) is 0 Å². The van der Waals surface area contributed by atoms with E-state index in [0.29, 0.717) is 6.04 Å². The van der Waals surface area contributed by atoms with E-state index in [-0.39, 0.29) is 5.41 Å². The van der Waals surface area contributed by atoms with Gasteiger partial charge >= 0.3 is 5.97 Å². The molecule has 3 nitrogen and oxygen atoms in total. The first-order chi connectivity index (χ1) is 6.48. The predicted octanol–water partition coefficient (Wildman–Crippen LogP) is 1.97. The van der Waals surface area contributed by atoms with Crippen molar-refractivity contribution in [2.24, 2.45) is 5.41 Å². The first-order valence-corrected chi connectivity index (χ1v) is 5.41. The Morgan fingerprint density at radius 1 is 1.50 bits per heavy atom. The van der Waals surface area contributed by atoms with Crippen LogP contribution in [-0.2, 0) is 4.79 Å². The molecule has 0 unspecified atom stereocenters. The number of aliphatic carboxylic acids is 1. The fraction of sp³-hybridized carbons (Fsp3) is 0.909. The zero-order valence-electron chi connectivity index (χ0n) is 9.42. The van der Waals surface area contributed by atoms with E-state index in [0.717, 1.165) is 32.2 Å². The quantitative estimate of drug-likeness (QED) is 0.711. The van der Waals surface area contributed by atoms with E-state index in [1.165, 1.54) is 0 Å². The number of carbonyl (C=O) groups is 1. The molecule has 0 aromatic heterocycles. The molecule has 1 aliphatic rings. The lowest BCUT2D eigenvalue weighted by molar-refractivity contribution is -0.143.